The predicted octanol–water partition coefficient (Wildman–Crippen LogP) is 10.5. The Labute approximate surface area is 202 Å². The molecule has 0 aromatic heterocycles. The van der Waals surface area contributed by atoms with Crippen LogP contribution in [0.15, 0.2) is 74.3 Å². The van der Waals surface area contributed by atoms with E-state index in [1.54, 1.807) is 0 Å². The van der Waals surface area contributed by atoms with Gasteiger partial charge in [-0.25, -0.2) is 0 Å². The van der Waals surface area contributed by atoms with E-state index in [0.29, 0.717) is 0 Å². The quantitative estimate of drug-likeness (QED) is 0.266. The maximum Gasteiger partial charge on any atom is 0.0664 e. The van der Waals surface area contributed by atoms with Crippen molar-refractivity contribution in [3.05, 3.63) is 85.4 Å². The van der Waals surface area contributed by atoms with Crippen molar-refractivity contribution in [2.24, 2.45) is 0 Å². The zero-order valence-electron chi connectivity index (χ0n) is 20.0. The third-order valence-electron chi connectivity index (χ3n) is 5.58. The van der Waals surface area contributed by atoms with Gasteiger partial charge in [0.1, 0.15) is 0 Å². The van der Waals surface area contributed by atoms with E-state index in [-0.39, 0.29) is 5.41 Å². The fourth-order valence-corrected chi connectivity index (χ4v) is 5.26. The summed E-state index contributed by atoms with van der Waals surface area (Å²) in [4.78, 5) is 0. The van der Waals surface area contributed by atoms with Crippen LogP contribution in [0.25, 0.3) is 5.57 Å². The number of hydrogen-bond acceptors (Lipinski definition) is 0. The summed E-state index contributed by atoms with van der Waals surface area (Å²) in [6.45, 7) is 16.8. The molecule has 2 aliphatic carbocycles. The van der Waals surface area contributed by atoms with Crippen LogP contribution in [0.4, 0.5) is 0 Å². The van der Waals surface area contributed by atoms with Crippen molar-refractivity contribution in [1.29, 1.82) is 0 Å². The Morgan fingerprint density at radius 1 is 1.07 bits per heavy atom. The van der Waals surface area contributed by atoms with Crippen molar-refractivity contribution in [3.63, 3.8) is 0 Å². The molecule has 0 N–H and O–H groups in total. The van der Waals surface area contributed by atoms with Crippen molar-refractivity contribution in [1.82, 2.24) is 0 Å². The van der Waals surface area contributed by atoms with E-state index in [1.807, 2.05) is 27.7 Å². The highest BCUT2D eigenvalue weighted by molar-refractivity contribution is 9.11. The maximum absolute atomic E-state index is 3.79. The zero-order valence-corrected chi connectivity index (χ0v) is 23.2. The molecule has 0 heterocycles. The highest BCUT2D eigenvalue weighted by atomic mass is 79.9. The van der Waals surface area contributed by atoms with Crippen LogP contribution in [-0.2, 0) is 5.41 Å². The normalized spacial score (nSPS) is 20.7. The van der Waals surface area contributed by atoms with Crippen molar-refractivity contribution in [2.45, 2.75) is 80.1 Å². The van der Waals surface area contributed by atoms with Gasteiger partial charge in [0.2, 0.25) is 0 Å². The molecule has 0 spiro atoms. The van der Waals surface area contributed by atoms with Gasteiger partial charge in [0.25, 0.3) is 0 Å². The van der Waals surface area contributed by atoms with E-state index in [2.05, 4.69) is 108 Å². The van der Waals surface area contributed by atoms with Crippen LogP contribution >= 0.6 is 31.9 Å². The Morgan fingerprint density at radius 3 is 2.30 bits per heavy atom. The smallest absolute Gasteiger partial charge is 0.0664 e. The van der Waals surface area contributed by atoms with Gasteiger partial charge in [0, 0.05) is 4.47 Å². The van der Waals surface area contributed by atoms with Crippen LogP contribution in [0, 0.1) is 0 Å². The summed E-state index contributed by atoms with van der Waals surface area (Å²) in [6, 6.07) is 6.80. The second-order valence-corrected chi connectivity index (χ2v) is 8.90. The summed E-state index contributed by atoms with van der Waals surface area (Å²) in [7, 11) is 0. The summed E-state index contributed by atoms with van der Waals surface area (Å²) in [6.07, 6.45) is 14.7. The minimum atomic E-state index is -0.203. The largest absolute Gasteiger partial charge is 0.0873 e. The second kappa shape index (κ2) is 12.7. The highest BCUT2D eigenvalue weighted by Gasteiger charge is 2.47. The molecule has 1 aromatic rings. The number of hydrogen-bond donors (Lipinski definition) is 0. The highest BCUT2D eigenvalue weighted by Crippen LogP contribution is 2.59. The fourth-order valence-electron chi connectivity index (χ4n) is 4.47. The molecule has 0 radical (unpaired) electrons. The number of fused-ring (bicyclic) bond motifs is 2. The lowest BCUT2D eigenvalue weighted by atomic mass is 9.65. The molecular formula is C28H38Br2. The average molecular weight is 534 g/mol. The van der Waals surface area contributed by atoms with E-state index in [4.69, 9.17) is 0 Å². The molecule has 0 bridgehead atoms. The van der Waals surface area contributed by atoms with Gasteiger partial charge in [-0.05, 0) is 90.6 Å². The monoisotopic (exact) mass is 532 g/mol. The molecule has 0 saturated heterocycles. The molecular weight excluding hydrogens is 496 g/mol. The van der Waals surface area contributed by atoms with E-state index in [1.165, 1.54) is 37.9 Å². The number of halogens is 2. The van der Waals surface area contributed by atoms with Crippen LogP contribution in [-0.4, -0.2) is 0 Å². The molecule has 1 aromatic carbocycles. The molecule has 30 heavy (non-hydrogen) atoms. The minimum Gasteiger partial charge on any atom is -0.0873 e. The van der Waals surface area contributed by atoms with Crippen molar-refractivity contribution < 1.29 is 0 Å². The molecule has 3 rings (SSSR count). The fraction of sp³-hybridized carbons (Fsp3) is 0.429. The molecule has 0 fully saturated rings. The van der Waals surface area contributed by atoms with Crippen molar-refractivity contribution in [3.8, 4) is 0 Å². The van der Waals surface area contributed by atoms with Gasteiger partial charge in [0.05, 0.1) is 5.41 Å². The van der Waals surface area contributed by atoms with E-state index >= 15 is 0 Å². The van der Waals surface area contributed by atoms with Crippen LogP contribution in [0.5, 0.6) is 0 Å². The molecule has 0 nitrogen and oxygen atoms in total. The van der Waals surface area contributed by atoms with Gasteiger partial charge < -0.3 is 0 Å². The Morgan fingerprint density at radius 2 is 1.73 bits per heavy atom. The first kappa shape index (κ1) is 26.9. The molecule has 1 unspecified atom stereocenters. The average Bonchev–Trinajstić information content (AvgIpc) is 3.05. The van der Waals surface area contributed by atoms with Crippen LogP contribution in [0.1, 0.15) is 85.8 Å². The molecule has 2 aliphatic rings. The molecule has 0 amide bonds. The van der Waals surface area contributed by atoms with Gasteiger partial charge >= 0.3 is 0 Å². The molecule has 0 saturated carbocycles. The zero-order chi connectivity index (χ0) is 22.9. The molecule has 0 aliphatic heterocycles. The first-order chi connectivity index (χ1) is 14.5. The Balaban J connectivity index is 0.00000106. The van der Waals surface area contributed by atoms with Gasteiger partial charge in [-0.1, -0.05) is 102 Å². The first-order valence-electron chi connectivity index (χ1n) is 11.4. The third-order valence-corrected chi connectivity index (χ3v) is 6.70. The first-order valence-corrected chi connectivity index (χ1v) is 13.0. The lowest BCUT2D eigenvalue weighted by molar-refractivity contribution is 0.726. The van der Waals surface area contributed by atoms with Crippen molar-refractivity contribution >= 4 is 37.4 Å². The topological polar surface area (TPSA) is 0 Å². The predicted molar refractivity (Wildman–Crippen MR) is 144 cm³/mol. The summed E-state index contributed by atoms with van der Waals surface area (Å²) in [5, 5.41) is 0. The minimum absolute atomic E-state index is 0.203. The second-order valence-electron chi connectivity index (χ2n) is 6.96. The number of benzene rings is 1. The third kappa shape index (κ3) is 4.86. The maximum atomic E-state index is 3.79. The Bertz CT molecular complexity index is 878. The lowest BCUT2D eigenvalue weighted by Crippen LogP contribution is -2.30. The SMILES string of the molecule is C/C=C\C(=C/CC)C1(/C(C)=C/C)C2=C(CCC(Br)=C2)c2ccc(Br)cc21.CC.CC. The summed E-state index contributed by atoms with van der Waals surface area (Å²) >= 11 is 7.52. The van der Waals surface area contributed by atoms with Crippen LogP contribution in [0.3, 0.4) is 0 Å². The van der Waals surface area contributed by atoms with Gasteiger partial charge in [-0.15, -0.1) is 0 Å². The van der Waals surface area contributed by atoms with Crippen LogP contribution < -0.4 is 0 Å². The van der Waals surface area contributed by atoms with Crippen LogP contribution in [0.2, 0.25) is 0 Å². The Kier molecular flexibility index (Phi) is 11.4. The number of allylic oxidation sites excluding steroid dienone is 10. The molecule has 1 atom stereocenters. The Hall–Kier alpha value is -1.12. The summed E-state index contributed by atoms with van der Waals surface area (Å²) in [5.41, 5.74) is 8.32. The summed E-state index contributed by atoms with van der Waals surface area (Å²) < 4.78 is 2.44. The molecule has 2 heteroatoms. The summed E-state index contributed by atoms with van der Waals surface area (Å²) in [5.74, 6) is 0. The van der Waals surface area contributed by atoms with E-state index in [0.717, 1.165) is 23.7 Å². The van der Waals surface area contributed by atoms with E-state index in [9.17, 15) is 0 Å². The lowest BCUT2D eigenvalue weighted by Gasteiger charge is -2.37. The van der Waals surface area contributed by atoms with Crippen molar-refractivity contribution in [2.75, 3.05) is 0 Å². The van der Waals surface area contributed by atoms with Gasteiger partial charge in [-0.3, -0.25) is 0 Å². The molecule has 164 valence electrons. The van der Waals surface area contributed by atoms with E-state index < -0.39 is 0 Å². The standard InChI is InChI=1S/C24H26Br2.2C2H6/c1-5-8-17(9-6-2)24(16(4)7-3)22-14-18(25)10-12-20(22)21-13-11-19(26)15-23(21)24;2*1-2/h5,7-10,12,14-15H,6,11,13H2,1-4H3;2*1-2H3/b8-5-,16-7+,17-9+;;. The van der Waals surface area contributed by atoms with Gasteiger partial charge in [0.15, 0.2) is 0 Å². The van der Waals surface area contributed by atoms with Gasteiger partial charge in [-0.2, -0.15) is 0 Å². The number of rotatable bonds is 4.